The van der Waals surface area contributed by atoms with Crippen LogP contribution in [0.2, 0.25) is 0 Å². The Balaban J connectivity index is 1.80. The maximum absolute atomic E-state index is 13.0. The number of ether oxygens (including phenoxy) is 1. The van der Waals surface area contributed by atoms with Gasteiger partial charge in [-0.3, -0.25) is 0 Å². The number of carbonyl (C=O) groups excluding carboxylic acids is 2. The molecule has 7 nitrogen and oxygen atoms in total. The Bertz CT molecular complexity index is 1030. The van der Waals surface area contributed by atoms with Crippen molar-refractivity contribution >= 4 is 29.8 Å². The van der Waals surface area contributed by atoms with Gasteiger partial charge in [-0.1, -0.05) is 12.1 Å². The molecule has 0 radical (unpaired) electrons. The van der Waals surface area contributed by atoms with Crippen molar-refractivity contribution in [3.8, 4) is 11.5 Å². The number of halogens is 1. The first-order valence-corrected chi connectivity index (χ1v) is 8.66. The van der Waals surface area contributed by atoms with Crippen molar-refractivity contribution in [1.82, 2.24) is 10.2 Å². The maximum Gasteiger partial charge on any atom is 0.337 e. The SMILES string of the molecule is COC(=O)c1ccc(/C=C(/Sc2nnc(-c3ccc(F)cc3)o2)C(=O)[O-])cc1. The predicted octanol–water partition coefficient (Wildman–Crippen LogP) is 2.55. The van der Waals surface area contributed by atoms with Crippen LogP contribution >= 0.6 is 11.8 Å². The van der Waals surface area contributed by atoms with Crippen LogP contribution in [0.1, 0.15) is 15.9 Å². The van der Waals surface area contributed by atoms with E-state index in [1.165, 1.54) is 49.6 Å². The van der Waals surface area contributed by atoms with Crippen LogP contribution in [0.25, 0.3) is 17.5 Å². The molecular weight excluding hydrogens is 387 g/mol. The van der Waals surface area contributed by atoms with Crippen molar-refractivity contribution < 1.29 is 28.2 Å². The second kappa shape index (κ2) is 8.49. The third kappa shape index (κ3) is 4.63. The van der Waals surface area contributed by atoms with Gasteiger partial charge in [0.05, 0.1) is 18.6 Å². The normalized spacial score (nSPS) is 11.3. The standard InChI is InChI=1S/C19H13FN2O5S/c1-26-18(25)13-4-2-11(3-5-13)10-15(17(23)24)28-19-22-21-16(27-19)12-6-8-14(20)9-7-12/h2-10H,1H3,(H,23,24)/p-1/b15-10+. The predicted molar refractivity (Wildman–Crippen MR) is 96.3 cm³/mol. The number of aliphatic carboxylic acids is 1. The van der Waals surface area contributed by atoms with Gasteiger partial charge < -0.3 is 19.1 Å². The van der Waals surface area contributed by atoms with Crippen LogP contribution in [-0.4, -0.2) is 29.2 Å². The summed E-state index contributed by atoms with van der Waals surface area (Å²) in [7, 11) is 1.27. The Morgan fingerprint density at radius 1 is 1.11 bits per heavy atom. The highest BCUT2D eigenvalue weighted by atomic mass is 32.2. The van der Waals surface area contributed by atoms with Crippen LogP contribution < -0.4 is 5.11 Å². The van der Waals surface area contributed by atoms with Crippen molar-refractivity contribution in [2.75, 3.05) is 7.11 Å². The Morgan fingerprint density at radius 3 is 2.39 bits per heavy atom. The molecule has 9 heteroatoms. The van der Waals surface area contributed by atoms with Gasteiger partial charge in [0, 0.05) is 10.5 Å². The molecule has 0 aliphatic rings. The fraction of sp³-hybridized carbons (Fsp3) is 0.0526. The van der Waals surface area contributed by atoms with E-state index in [-0.39, 0.29) is 16.0 Å². The van der Waals surface area contributed by atoms with E-state index in [9.17, 15) is 19.1 Å². The van der Waals surface area contributed by atoms with Gasteiger partial charge in [-0.25, -0.2) is 9.18 Å². The van der Waals surface area contributed by atoms with Gasteiger partial charge in [0.15, 0.2) is 0 Å². The molecule has 0 saturated carbocycles. The van der Waals surface area contributed by atoms with E-state index >= 15 is 0 Å². The van der Waals surface area contributed by atoms with E-state index in [4.69, 9.17) is 4.42 Å². The number of benzene rings is 2. The molecule has 0 fully saturated rings. The first-order chi connectivity index (χ1) is 13.5. The number of esters is 1. The molecule has 0 unspecified atom stereocenters. The van der Waals surface area contributed by atoms with Crippen LogP contribution in [0.5, 0.6) is 0 Å². The zero-order valence-corrected chi connectivity index (χ0v) is 15.2. The highest BCUT2D eigenvalue weighted by Gasteiger charge is 2.13. The van der Waals surface area contributed by atoms with Gasteiger partial charge in [-0.05, 0) is 59.8 Å². The monoisotopic (exact) mass is 399 g/mol. The lowest BCUT2D eigenvalue weighted by atomic mass is 10.1. The molecule has 0 atom stereocenters. The number of hydrogen-bond acceptors (Lipinski definition) is 8. The molecule has 2 aromatic carbocycles. The Morgan fingerprint density at radius 2 is 1.79 bits per heavy atom. The van der Waals surface area contributed by atoms with E-state index in [1.54, 1.807) is 12.1 Å². The molecule has 1 aromatic heterocycles. The molecule has 3 aromatic rings. The highest BCUT2D eigenvalue weighted by molar-refractivity contribution is 8.03. The van der Waals surface area contributed by atoms with Crippen molar-refractivity contribution in [3.63, 3.8) is 0 Å². The Hall–Kier alpha value is -3.46. The number of thioether (sulfide) groups is 1. The second-order valence-electron chi connectivity index (χ2n) is 5.39. The van der Waals surface area contributed by atoms with Gasteiger partial charge in [0.2, 0.25) is 5.89 Å². The molecule has 1 heterocycles. The summed E-state index contributed by atoms with van der Waals surface area (Å²) >= 11 is 0.718. The lowest BCUT2D eigenvalue weighted by molar-refractivity contribution is -0.298. The number of methoxy groups -OCH3 is 1. The van der Waals surface area contributed by atoms with E-state index in [0.717, 1.165) is 11.8 Å². The minimum atomic E-state index is -1.43. The first-order valence-electron chi connectivity index (χ1n) is 7.85. The summed E-state index contributed by atoms with van der Waals surface area (Å²) in [4.78, 5) is 22.7. The molecule has 3 rings (SSSR count). The average molecular weight is 399 g/mol. The summed E-state index contributed by atoms with van der Waals surface area (Å²) in [5.41, 5.74) is 1.36. The van der Waals surface area contributed by atoms with Crippen LogP contribution in [0.15, 0.2) is 63.1 Å². The van der Waals surface area contributed by atoms with Crippen molar-refractivity contribution in [2.45, 2.75) is 5.22 Å². The summed E-state index contributed by atoms with van der Waals surface area (Å²) in [6.07, 6.45) is 1.35. The van der Waals surface area contributed by atoms with E-state index in [1.807, 2.05) is 0 Å². The van der Waals surface area contributed by atoms with Crippen LogP contribution in [0.4, 0.5) is 4.39 Å². The molecule has 0 amide bonds. The molecule has 142 valence electrons. The minimum Gasteiger partial charge on any atom is -0.544 e. The number of carboxylic acid groups (broad SMARTS) is 1. The first kappa shape index (κ1) is 19.3. The zero-order chi connectivity index (χ0) is 20.1. The average Bonchev–Trinajstić information content (AvgIpc) is 3.16. The molecule has 28 heavy (non-hydrogen) atoms. The smallest absolute Gasteiger partial charge is 0.337 e. The van der Waals surface area contributed by atoms with Crippen molar-refractivity contribution in [1.29, 1.82) is 0 Å². The summed E-state index contributed by atoms with van der Waals surface area (Å²) in [6, 6.07) is 11.6. The molecule has 0 aliphatic carbocycles. The number of rotatable bonds is 6. The lowest BCUT2D eigenvalue weighted by Gasteiger charge is -2.06. The largest absolute Gasteiger partial charge is 0.544 e. The summed E-state index contributed by atoms with van der Waals surface area (Å²) in [5, 5.41) is 19.0. The second-order valence-corrected chi connectivity index (χ2v) is 6.38. The number of carboxylic acids is 1. The Kier molecular flexibility index (Phi) is 5.85. The van der Waals surface area contributed by atoms with Crippen LogP contribution in [-0.2, 0) is 9.53 Å². The van der Waals surface area contributed by atoms with Gasteiger partial charge >= 0.3 is 5.97 Å². The minimum absolute atomic E-state index is 0.0130. The molecular formula is C19H12FN2O5S-. The number of hydrogen-bond donors (Lipinski definition) is 0. The number of aromatic nitrogens is 2. The van der Waals surface area contributed by atoms with Crippen molar-refractivity contribution in [2.24, 2.45) is 0 Å². The van der Waals surface area contributed by atoms with Crippen molar-refractivity contribution in [3.05, 3.63) is 70.4 Å². The molecule has 0 bridgehead atoms. The van der Waals surface area contributed by atoms with Crippen LogP contribution in [0, 0.1) is 5.82 Å². The van der Waals surface area contributed by atoms with E-state index in [2.05, 4.69) is 14.9 Å². The fourth-order valence-corrected chi connectivity index (χ4v) is 2.84. The summed E-state index contributed by atoms with van der Waals surface area (Å²) in [6.45, 7) is 0. The van der Waals surface area contributed by atoms with Gasteiger partial charge in [0.25, 0.3) is 5.22 Å². The third-order valence-corrected chi connectivity index (χ3v) is 4.37. The van der Waals surface area contributed by atoms with E-state index < -0.39 is 17.8 Å². The van der Waals surface area contributed by atoms with Gasteiger partial charge in [-0.15, -0.1) is 10.2 Å². The number of nitrogens with zero attached hydrogens (tertiary/aromatic N) is 2. The highest BCUT2D eigenvalue weighted by Crippen LogP contribution is 2.29. The third-order valence-electron chi connectivity index (χ3n) is 3.53. The maximum atomic E-state index is 13.0. The molecule has 0 N–H and O–H groups in total. The van der Waals surface area contributed by atoms with Gasteiger partial charge in [-0.2, -0.15) is 0 Å². The van der Waals surface area contributed by atoms with E-state index in [0.29, 0.717) is 16.7 Å². The molecule has 0 spiro atoms. The topological polar surface area (TPSA) is 105 Å². The summed E-state index contributed by atoms with van der Waals surface area (Å²) in [5.74, 6) is -2.20. The molecule has 0 aliphatic heterocycles. The Labute approximate surface area is 162 Å². The lowest BCUT2D eigenvalue weighted by Crippen LogP contribution is -2.23. The summed E-state index contributed by atoms with van der Waals surface area (Å²) < 4.78 is 23.0. The van der Waals surface area contributed by atoms with Crippen LogP contribution in [0.3, 0.4) is 0 Å². The fourth-order valence-electron chi connectivity index (χ4n) is 2.17. The van der Waals surface area contributed by atoms with Gasteiger partial charge in [0.1, 0.15) is 5.82 Å². The quantitative estimate of drug-likeness (QED) is 0.354. The zero-order valence-electron chi connectivity index (χ0n) is 14.4. The molecule has 0 saturated heterocycles. The number of carbonyl (C=O) groups is 2.